The summed E-state index contributed by atoms with van der Waals surface area (Å²) in [6.45, 7) is 3.43. The minimum atomic E-state index is -0.354. The summed E-state index contributed by atoms with van der Waals surface area (Å²) in [6, 6.07) is 6.49. The first kappa shape index (κ1) is 10.5. The van der Waals surface area contributed by atoms with Crippen LogP contribution in [0.2, 0.25) is 0 Å². The van der Waals surface area contributed by atoms with Gasteiger partial charge in [-0.05, 0) is 18.2 Å². The Morgan fingerprint density at radius 1 is 1.29 bits per heavy atom. The molecule has 88 valence electrons. The van der Waals surface area contributed by atoms with E-state index >= 15 is 0 Å². The van der Waals surface area contributed by atoms with Crippen molar-refractivity contribution in [3.8, 4) is 6.07 Å². The average Bonchev–Trinajstić information content (AvgIpc) is 2.89. The summed E-state index contributed by atoms with van der Waals surface area (Å²) in [7, 11) is 0. The number of nitriles is 1. The molecule has 0 spiro atoms. The van der Waals surface area contributed by atoms with Gasteiger partial charge in [0.1, 0.15) is 11.9 Å². The second kappa shape index (κ2) is 4.01. The van der Waals surface area contributed by atoms with Crippen LogP contribution in [0, 0.1) is 29.0 Å². The monoisotopic (exact) mass is 232 g/mol. The largest absolute Gasteiger partial charge is 0.381 e. The van der Waals surface area contributed by atoms with Gasteiger partial charge in [0, 0.05) is 24.9 Å². The Morgan fingerprint density at radius 2 is 2.00 bits per heavy atom. The highest BCUT2D eigenvalue weighted by Gasteiger charge is 2.37. The van der Waals surface area contributed by atoms with Crippen LogP contribution < -0.4 is 4.90 Å². The van der Waals surface area contributed by atoms with Gasteiger partial charge in [0.15, 0.2) is 0 Å². The third-order valence-electron chi connectivity index (χ3n) is 3.66. The quantitative estimate of drug-likeness (QED) is 0.740. The van der Waals surface area contributed by atoms with E-state index in [1.807, 2.05) is 0 Å². The Labute approximate surface area is 99.4 Å². The van der Waals surface area contributed by atoms with Crippen molar-refractivity contribution in [3.05, 3.63) is 29.6 Å². The second-order valence-electron chi connectivity index (χ2n) is 4.74. The lowest BCUT2D eigenvalue weighted by molar-refractivity contribution is 0.177. The Morgan fingerprint density at radius 3 is 2.65 bits per heavy atom. The van der Waals surface area contributed by atoms with E-state index in [9.17, 15) is 4.39 Å². The maximum atomic E-state index is 13.1. The fourth-order valence-electron chi connectivity index (χ4n) is 2.76. The molecular weight excluding hydrogens is 219 g/mol. The highest BCUT2D eigenvalue weighted by molar-refractivity contribution is 5.60. The van der Waals surface area contributed by atoms with Crippen molar-refractivity contribution < 1.29 is 9.13 Å². The van der Waals surface area contributed by atoms with E-state index in [-0.39, 0.29) is 5.82 Å². The van der Waals surface area contributed by atoms with Crippen LogP contribution in [0.5, 0.6) is 0 Å². The molecule has 0 radical (unpaired) electrons. The first-order valence-electron chi connectivity index (χ1n) is 5.80. The molecule has 2 fully saturated rings. The number of nitrogens with zero attached hydrogens (tertiary/aromatic N) is 2. The second-order valence-corrected chi connectivity index (χ2v) is 4.74. The van der Waals surface area contributed by atoms with Gasteiger partial charge in [-0.3, -0.25) is 0 Å². The van der Waals surface area contributed by atoms with E-state index in [1.54, 1.807) is 6.07 Å². The van der Waals surface area contributed by atoms with Crippen LogP contribution in [0.15, 0.2) is 18.2 Å². The molecule has 0 aliphatic carbocycles. The molecule has 0 bridgehead atoms. The maximum Gasteiger partial charge on any atom is 0.124 e. The molecule has 1 aromatic rings. The van der Waals surface area contributed by atoms with Crippen LogP contribution in [0.1, 0.15) is 5.56 Å². The first-order valence-corrected chi connectivity index (χ1v) is 5.80. The van der Waals surface area contributed by atoms with Crippen LogP contribution in [-0.4, -0.2) is 26.3 Å². The van der Waals surface area contributed by atoms with E-state index in [0.717, 1.165) is 32.0 Å². The van der Waals surface area contributed by atoms with Gasteiger partial charge in [0.25, 0.3) is 0 Å². The van der Waals surface area contributed by atoms with Crippen molar-refractivity contribution in [1.82, 2.24) is 0 Å². The predicted octanol–water partition coefficient (Wildman–Crippen LogP) is 1.78. The van der Waals surface area contributed by atoms with Crippen molar-refractivity contribution >= 4 is 5.69 Å². The third-order valence-corrected chi connectivity index (χ3v) is 3.66. The van der Waals surface area contributed by atoms with Gasteiger partial charge in [0.05, 0.1) is 24.5 Å². The number of ether oxygens (including phenoxy) is 1. The molecule has 0 amide bonds. The van der Waals surface area contributed by atoms with Crippen LogP contribution in [0.3, 0.4) is 0 Å². The van der Waals surface area contributed by atoms with Crippen molar-refractivity contribution in [3.63, 3.8) is 0 Å². The van der Waals surface area contributed by atoms with E-state index in [2.05, 4.69) is 11.0 Å². The molecular formula is C13H13FN2O. The van der Waals surface area contributed by atoms with Crippen molar-refractivity contribution in [2.24, 2.45) is 11.8 Å². The summed E-state index contributed by atoms with van der Waals surface area (Å²) in [5.74, 6) is 0.770. The molecule has 17 heavy (non-hydrogen) atoms. The molecule has 2 aliphatic rings. The summed E-state index contributed by atoms with van der Waals surface area (Å²) < 4.78 is 18.5. The molecule has 3 nitrogen and oxygen atoms in total. The number of benzene rings is 1. The summed E-state index contributed by atoms with van der Waals surface area (Å²) in [5, 5.41) is 9.04. The predicted molar refractivity (Wildman–Crippen MR) is 61.1 cm³/mol. The van der Waals surface area contributed by atoms with Crippen molar-refractivity contribution in [1.29, 1.82) is 5.26 Å². The van der Waals surface area contributed by atoms with Crippen LogP contribution in [0.25, 0.3) is 0 Å². The highest BCUT2D eigenvalue weighted by atomic mass is 19.1. The molecule has 3 rings (SSSR count). The van der Waals surface area contributed by atoms with Gasteiger partial charge in [-0.1, -0.05) is 0 Å². The Hall–Kier alpha value is -1.60. The zero-order valence-corrected chi connectivity index (χ0v) is 9.40. The first-order chi connectivity index (χ1) is 8.28. The van der Waals surface area contributed by atoms with E-state index < -0.39 is 0 Å². The van der Waals surface area contributed by atoms with Gasteiger partial charge in [-0.25, -0.2) is 4.39 Å². The minimum absolute atomic E-state index is 0.354. The van der Waals surface area contributed by atoms with Gasteiger partial charge in [0.2, 0.25) is 0 Å². The SMILES string of the molecule is N#Cc1cc(F)ccc1N1C[C@H]2COC[C@H]2C1. The molecule has 2 aliphatic heterocycles. The van der Waals surface area contributed by atoms with E-state index in [1.165, 1.54) is 12.1 Å². The summed E-state index contributed by atoms with van der Waals surface area (Å²) in [6.07, 6.45) is 0. The number of halogens is 1. The van der Waals surface area contributed by atoms with Crippen LogP contribution in [0.4, 0.5) is 10.1 Å². The molecule has 2 heterocycles. The zero-order chi connectivity index (χ0) is 11.8. The Kier molecular flexibility index (Phi) is 2.49. The van der Waals surface area contributed by atoms with E-state index in [0.29, 0.717) is 17.4 Å². The van der Waals surface area contributed by atoms with Crippen molar-refractivity contribution in [2.45, 2.75) is 0 Å². The maximum absolute atomic E-state index is 13.1. The lowest BCUT2D eigenvalue weighted by atomic mass is 10.0. The normalized spacial score (nSPS) is 26.9. The van der Waals surface area contributed by atoms with Gasteiger partial charge in [-0.2, -0.15) is 5.26 Å². The number of hydrogen-bond donors (Lipinski definition) is 0. The molecule has 1 aromatic carbocycles. The number of fused-ring (bicyclic) bond motifs is 1. The highest BCUT2D eigenvalue weighted by Crippen LogP contribution is 2.34. The van der Waals surface area contributed by atoms with Gasteiger partial charge in [-0.15, -0.1) is 0 Å². The van der Waals surface area contributed by atoms with Gasteiger partial charge >= 0.3 is 0 Å². The van der Waals surface area contributed by atoms with Crippen LogP contribution in [-0.2, 0) is 4.74 Å². The van der Waals surface area contributed by atoms with E-state index in [4.69, 9.17) is 10.00 Å². The zero-order valence-electron chi connectivity index (χ0n) is 9.40. The molecule has 0 saturated carbocycles. The molecule has 0 aromatic heterocycles. The van der Waals surface area contributed by atoms with Crippen LogP contribution >= 0.6 is 0 Å². The molecule has 2 saturated heterocycles. The lowest BCUT2D eigenvalue weighted by Crippen LogP contribution is -2.23. The topological polar surface area (TPSA) is 36.3 Å². The standard InChI is InChI=1S/C13H13FN2O/c14-12-1-2-13(9(3-12)4-15)16-5-10-7-17-8-11(10)6-16/h1-3,10-11H,5-8H2/t10-,11+. The smallest absolute Gasteiger partial charge is 0.124 e. The fraction of sp³-hybridized carbons (Fsp3) is 0.462. The molecule has 2 atom stereocenters. The van der Waals surface area contributed by atoms with Crippen molar-refractivity contribution in [2.75, 3.05) is 31.2 Å². The van der Waals surface area contributed by atoms with Gasteiger partial charge < -0.3 is 9.64 Å². The third kappa shape index (κ3) is 1.77. The fourth-order valence-corrected chi connectivity index (χ4v) is 2.76. The molecule has 0 N–H and O–H groups in total. The Balaban J connectivity index is 1.88. The lowest BCUT2D eigenvalue weighted by Gasteiger charge is -2.20. The summed E-state index contributed by atoms with van der Waals surface area (Å²) in [4.78, 5) is 2.18. The average molecular weight is 232 g/mol. The molecule has 0 unspecified atom stereocenters. The number of anilines is 1. The minimum Gasteiger partial charge on any atom is -0.381 e. The summed E-state index contributed by atoms with van der Waals surface area (Å²) in [5.41, 5.74) is 1.27. The molecule has 4 heteroatoms. The Bertz CT molecular complexity index is 471. The number of rotatable bonds is 1. The number of hydrogen-bond acceptors (Lipinski definition) is 3. The summed E-state index contributed by atoms with van der Waals surface area (Å²) >= 11 is 0.